The second-order valence-corrected chi connectivity index (χ2v) is 3.25. The van der Waals surface area contributed by atoms with Crippen molar-refractivity contribution in [2.24, 2.45) is 0 Å². The van der Waals surface area contributed by atoms with Gasteiger partial charge in [0, 0.05) is 33.2 Å². The Kier molecular flexibility index (Phi) is 18.6. The van der Waals surface area contributed by atoms with E-state index in [-0.39, 0.29) is 40.1 Å². The minimum Gasteiger partial charge on any atom is 0 e. The van der Waals surface area contributed by atoms with Gasteiger partial charge in [-0.2, -0.15) is 0 Å². The third-order valence-electron chi connectivity index (χ3n) is 1.83. The van der Waals surface area contributed by atoms with Gasteiger partial charge in [-0.15, -0.1) is 0 Å². The standard InChI is InChI=1S/C10H12N2O4.CO.NO.Re/c13-9(14)6-12(7-10(15)16)5-8-3-1-2-4-11-8;2*1-2;/h1-4H,5-7H2,(H,13,14)(H,15,16);;;/q;;+1;. The van der Waals surface area contributed by atoms with Crippen LogP contribution in [0.25, 0.3) is 0 Å². The van der Waals surface area contributed by atoms with E-state index < -0.39 is 11.9 Å². The zero-order chi connectivity index (χ0) is 16.0. The molecule has 0 aliphatic heterocycles. The van der Waals surface area contributed by atoms with Gasteiger partial charge in [-0.25, -0.2) is 0 Å². The summed E-state index contributed by atoms with van der Waals surface area (Å²) in [5.74, 6) is -2.12. The Morgan fingerprint density at radius 1 is 1.19 bits per heavy atom. The number of aromatic nitrogens is 1. The molecule has 0 atom stereocenters. The van der Waals surface area contributed by atoms with Gasteiger partial charge in [0.2, 0.25) is 0 Å². The molecular formula is C11H12N3O6Re+. The van der Waals surface area contributed by atoms with E-state index in [4.69, 9.17) is 25.1 Å². The van der Waals surface area contributed by atoms with Crippen molar-refractivity contribution in [1.29, 1.82) is 5.46 Å². The van der Waals surface area contributed by atoms with E-state index in [1.807, 2.05) is 0 Å². The summed E-state index contributed by atoms with van der Waals surface area (Å²) in [6, 6.07) is 5.22. The maximum Gasteiger partial charge on any atom is 0 e. The fourth-order valence-electron chi connectivity index (χ4n) is 1.27. The predicted octanol–water partition coefficient (Wildman–Crippen LogP) is -0.0909. The molecule has 0 saturated heterocycles. The topological polar surface area (TPSA) is 154 Å². The number of carboxylic acids is 2. The van der Waals surface area contributed by atoms with E-state index in [1.54, 1.807) is 24.4 Å². The first-order valence-electron chi connectivity index (χ1n) is 5.02. The molecule has 2 N–H and O–H groups in total. The maximum atomic E-state index is 10.5. The number of hydrogen-bond acceptors (Lipinski definition) is 5. The molecule has 0 saturated carbocycles. The minimum absolute atomic E-state index is 0. The number of hydrogen-bond donors (Lipinski definition) is 2. The quantitative estimate of drug-likeness (QED) is 0.437. The Morgan fingerprint density at radius 2 is 1.67 bits per heavy atom. The van der Waals surface area contributed by atoms with Crippen LogP contribution in [-0.4, -0.2) is 45.1 Å². The summed E-state index contributed by atoms with van der Waals surface area (Å²) in [6.45, 7) is 4.07. The molecule has 0 aromatic carbocycles. The molecule has 1 radical (unpaired) electrons. The van der Waals surface area contributed by atoms with Crippen LogP contribution in [0.5, 0.6) is 0 Å². The van der Waals surface area contributed by atoms with Gasteiger partial charge in [-0.05, 0) is 12.1 Å². The molecular weight excluding hydrogens is 456 g/mol. The molecule has 0 fully saturated rings. The molecule has 0 aliphatic carbocycles. The van der Waals surface area contributed by atoms with Crippen LogP contribution in [0.2, 0.25) is 0 Å². The molecule has 1 heterocycles. The number of aliphatic carboxylic acids is 2. The molecule has 0 amide bonds. The molecule has 21 heavy (non-hydrogen) atoms. The van der Waals surface area contributed by atoms with Crippen LogP contribution in [0.4, 0.5) is 0 Å². The molecule has 9 nitrogen and oxygen atoms in total. The minimum atomic E-state index is -1.06. The molecule has 0 bridgehead atoms. The Labute approximate surface area is 133 Å². The van der Waals surface area contributed by atoms with Gasteiger partial charge in [-0.3, -0.25) is 19.5 Å². The third kappa shape index (κ3) is 14.3. The maximum absolute atomic E-state index is 10.5. The van der Waals surface area contributed by atoms with Crippen LogP contribution in [0.3, 0.4) is 0 Å². The molecule has 113 valence electrons. The van der Waals surface area contributed by atoms with Crippen LogP contribution < -0.4 is 0 Å². The summed E-state index contributed by atoms with van der Waals surface area (Å²) in [7, 11) is 0. The second-order valence-electron chi connectivity index (χ2n) is 3.25. The van der Waals surface area contributed by atoms with Crippen molar-refractivity contribution in [1.82, 2.24) is 9.88 Å². The first-order chi connectivity index (χ1) is 9.58. The normalized spacial score (nSPS) is 8.05. The Morgan fingerprint density at radius 3 is 2.00 bits per heavy atom. The van der Waals surface area contributed by atoms with E-state index >= 15 is 0 Å². The summed E-state index contributed by atoms with van der Waals surface area (Å²) in [4.78, 5) is 26.4. The van der Waals surface area contributed by atoms with E-state index in [9.17, 15) is 9.59 Å². The number of pyridine rings is 1. The van der Waals surface area contributed by atoms with E-state index in [0.29, 0.717) is 5.69 Å². The molecule has 1 rings (SSSR count). The SMILES string of the molecule is N#[O+].O=C(O)CN(CC(=O)O)Cc1ccccn1.[C-]#[O+].[Re]. The predicted molar refractivity (Wildman–Crippen MR) is 61.1 cm³/mol. The molecule has 0 aliphatic rings. The molecule has 10 heteroatoms. The Bertz CT molecular complexity index is 429. The number of nitrogens with zero attached hydrogens (tertiary/aromatic N) is 3. The first-order valence-corrected chi connectivity index (χ1v) is 5.02. The summed E-state index contributed by atoms with van der Waals surface area (Å²) in [6.07, 6.45) is 1.58. The molecule has 0 unspecified atom stereocenters. The summed E-state index contributed by atoms with van der Waals surface area (Å²) in [5, 5.41) is 17.2. The summed E-state index contributed by atoms with van der Waals surface area (Å²) in [5.41, 5.74) is 6.39. The fourth-order valence-corrected chi connectivity index (χ4v) is 1.27. The third-order valence-corrected chi connectivity index (χ3v) is 1.83. The van der Waals surface area contributed by atoms with Gasteiger partial charge in [-0.1, -0.05) is 6.07 Å². The smallest absolute Gasteiger partial charge is 0 e. The van der Waals surface area contributed by atoms with Crippen molar-refractivity contribution in [2.75, 3.05) is 13.1 Å². The average molecular weight is 468 g/mol. The zero-order valence-electron chi connectivity index (χ0n) is 10.7. The van der Waals surface area contributed by atoms with Crippen molar-refractivity contribution in [3.05, 3.63) is 36.7 Å². The number of rotatable bonds is 6. The first kappa shape index (κ1) is 24.2. The monoisotopic (exact) mass is 469 g/mol. The van der Waals surface area contributed by atoms with Crippen molar-refractivity contribution in [2.45, 2.75) is 6.54 Å². The average Bonchev–Trinajstić information content (AvgIpc) is 2.43. The van der Waals surface area contributed by atoms with Gasteiger partial charge in [0.05, 0.1) is 18.8 Å². The van der Waals surface area contributed by atoms with Crippen LogP contribution in [0.15, 0.2) is 24.4 Å². The van der Waals surface area contributed by atoms with Gasteiger partial charge in [0.15, 0.2) is 0 Å². The zero-order valence-corrected chi connectivity index (χ0v) is 13.4. The van der Waals surface area contributed by atoms with Gasteiger partial charge in [0.1, 0.15) is 0 Å². The fraction of sp³-hybridized carbons (Fsp3) is 0.273. The summed E-state index contributed by atoms with van der Waals surface area (Å²) >= 11 is 0. The van der Waals surface area contributed by atoms with Gasteiger partial charge < -0.3 is 10.2 Å². The van der Waals surface area contributed by atoms with Gasteiger partial charge in [0.25, 0.3) is 0 Å². The molecule has 1 aromatic rings. The summed E-state index contributed by atoms with van der Waals surface area (Å²) < 4.78 is 14.8. The number of carbonyl (C=O) groups is 2. The van der Waals surface area contributed by atoms with Gasteiger partial charge >= 0.3 is 33.5 Å². The molecule has 1 aromatic heterocycles. The Balaban J connectivity index is -0.000000595. The number of carboxylic acid groups (broad SMARTS) is 2. The Hall–Kier alpha value is -1.88. The van der Waals surface area contributed by atoms with Crippen molar-refractivity contribution >= 4 is 11.9 Å². The largest absolute Gasteiger partial charge is 0 e. The van der Waals surface area contributed by atoms with Crippen molar-refractivity contribution < 1.29 is 49.7 Å². The van der Waals surface area contributed by atoms with Crippen LogP contribution in [0, 0.1) is 12.1 Å². The van der Waals surface area contributed by atoms with Crippen molar-refractivity contribution in [3.63, 3.8) is 0 Å². The van der Waals surface area contributed by atoms with Crippen LogP contribution in [0.1, 0.15) is 5.69 Å². The van der Waals surface area contributed by atoms with Crippen molar-refractivity contribution in [3.8, 4) is 0 Å². The van der Waals surface area contributed by atoms with Crippen LogP contribution >= 0.6 is 0 Å². The van der Waals surface area contributed by atoms with E-state index in [1.165, 1.54) is 4.90 Å². The second kappa shape index (κ2) is 16.2. The molecule has 0 spiro atoms. The van der Waals surface area contributed by atoms with E-state index in [2.05, 4.69) is 11.6 Å². The van der Waals surface area contributed by atoms with E-state index in [0.717, 1.165) is 0 Å². The van der Waals surface area contributed by atoms with Crippen LogP contribution in [-0.2, 0) is 46.0 Å².